The molecule has 8 heteroatoms. The van der Waals surface area contributed by atoms with E-state index in [1.807, 2.05) is 42.5 Å². The molecule has 2 heterocycles. The highest BCUT2D eigenvalue weighted by atomic mass is 16.6. The van der Waals surface area contributed by atoms with Crippen molar-refractivity contribution in [2.24, 2.45) is 0 Å². The van der Waals surface area contributed by atoms with Gasteiger partial charge in [0.15, 0.2) is 5.78 Å². The van der Waals surface area contributed by atoms with Crippen LogP contribution in [0.2, 0.25) is 0 Å². The van der Waals surface area contributed by atoms with Crippen molar-refractivity contribution in [3.8, 4) is 0 Å². The molecular weight excluding hydrogens is 436 g/mol. The number of amides is 2. The number of benzene rings is 3. The highest BCUT2D eigenvalue weighted by Crippen LogP contribution is 2.46. The summed E-state index contributed by atoms with van der Waals surface area (Å²) < 4.78 is 16.2. The zero-order chi connectivity index (χ0) is 23.8. The fourth-order valence-corrected chi connectivity index (χ4v) is 4.51. The Morgan fingerprint density at radius 1 is 0.853 bits per heavy atom. The fourth-order valence-electron chi connectivity index (χ4n) is 4.51. The number of nitrogens with zero attached hydrogens (tertiary/aromatic N) is 2. The number of ketones is 1. The van der Waals surface area contributed by atoms with Crippen molar-refractivity contribution in [1.29, 1.82) is 0 Å². The van der Waals surface area contributed by atoms with E-state index >= 15 is 0 Å². The van der Waals surface area contributed by atoms with E-state index in [9.17, 15) is 14.4 Å². The monoisotopic (exact) mass is 458 g/mol. The van der Waals surface area contributed by atoms with Crippen LogP contribution in [-0.4, -0.2) is 44.5 Å². The summed E-state index contributed by atoms with van der Waals surface area (Å²) in [7, 11) is 2.59. The summed E-state index contributed by atoms with van der Waals surface area (Å²) in [5, 5.41) is 1.78. The van der Waals surface area contributed by atoms with Crippen molar-refractivity contribution in [2.45, 2.75) is 18.7 Å². The minimum absolute atomic E-state index is 0.220. The molecule has 2 aliphatic heterocycles. The van der Waals surface area contributed by atoms with Gasteiger partial charge in [-0.3, -0.25) is 9.69 Å². The van der Waals surface area contributed by atoms with Crippen molar-refractivity contribution in [3.63, 3.8) is 0 Å². The minimum Gasteiger partial charge on any atom is -0.472 e. The SMILES string of the molecule is COC(=O)N1c2cc3ccccc3cc2N(C(=O)OC)[C@H]2C/C(=C\C(=O)c3ccccc3)O[C@H]21. The third-order valence-corrected chi connectivity index (χ3v) is 6.05. The van der Waals surface area contributed by atoms with Gasteiger partial charge in [0.05, 0.1) is 25.6 Å². The zero-order valence-corrected chi connectivity index (χ0v) is 18.6. The summed E-state index contributed by atoms with van der Waals surface area (Å²) in [4.78, 5) is 41.5. The van der Waals surface area contributed by atoms with E-state index in [4.69, 9.17) is 14.2 Å². The van der Waals surface area contributed by atoms with Crippen LogP contribution >= 0.6 is 0 Å². The van der Waals surface area contributed by atoms with Crippen molar-refractivity contribution in [2.75, 3.05) is 24.0 Å². The molecule has 0 saturated carbocycles. The maximum absolute atomic E-state index is 12.9. The molecule has 3 aromatic carbocycles. The largest absolute Gasteiger partial charge is 0.472 e. The number of anilines is 2. The Bertz CT molecular complexity index is 1250. The molecule has 0 aromatic heterocycles. The number of ether oxygens (including phenoxy) is 3. The van der Waals surface area contributed by atoms with Crippen LogP contribution in [0.25, 0.3) is 10.8 Å². The van der Waals surface area contributed by atoms with E-state index in [2.05, 4.69) is 0 Å². The molecule has 0 unspecified atom stereocenters. The number of methoxy groups -OCH3 is 2. The summed E-state index contributed by atoms with van der Waals surface area (Å²) in [6.07, 6.45) is -0.491. The number of fused-ring (bicyclic) bond motifs is 3. The van der Waals surface area contributed by atoms with Crippen LogP contribution in [0.1, 0.15) is 16.8 Å². The molecule has 172 valence electrons. The molecule has 3 aromatic rings. The number of rotatable bonds is 2. The van der Waals surface area contributed by atoms with Gasteiger partial charge in [-0.15, -0.1) is 0 Å². The zero-order valence-electron chi connectivity index (χ0n) is 18.6. The van der Waals surface area contributed by atoms with Crippen molar-refractivity contribution < 1.29 is 28.6 Å². The lowest BCUT2D eigenvalue weighted by atomic mass is 10.0. The molecule has 0 radical (unpaired) electrons. The molecule has 0 aliphatic carbocycles. The Kier molecular flexibility index (Phi) is 5.41. The summed E-state index contributed by atoms with van der Waals surface area (Å²) >= 11 is 0. The van der Waals surface area contributed by atoms with E-state index in [1.165, 1.54) is 30.1 Å². The molecule has 34 heavy (non-hydrogen) atoms. The molecule has 2 atom stereocenters. The Morgan fingerprint density at radius 3 is 2.03 bits per heavy atom. The fraction of sp³-hybridized carbons (Fsp3) is 0.192. The van der Waals surface area contributed by atoms with E-state index in [1.54, 1.807) is 24.3 Å². The second-order valence-corrected chi connectivity index (χ2v) is 7.99. The molecule has 1 saturated heterocycles. The second-order valence-electron chi connectivity index (χ2n) is 7.99. The lowest BCUT2D eigenvalue weighted by Gasteiger charge is -2.42. The maximum atomic E-state index is 12.9. The Labute approximate surface area is 195 Å². The third kappa shape index (κ3) is 3.53. The van der Waals surface area contributed by atoms with Gasteiger partial charge in [0.25, 0.3) is 0 Å². The van der Waals surface area contributed by atoms with Crippen LogP contribution in [0.3, 0.4) is 0 Å². The van der Waals surface area contributed by atoms with E-state index in [0.29, 0.717) is 22.7 Å². The van der Waals surface area contributed by atoms with E-state index in [-0.39, 0.29) is 12.2 Å². The van der Waals surface area contributed by atoms with Crippen LogP contribution in [-0.2, 0) is 14.2 Å². The molecule has 0 N–H and O–H groups in total. The van der Waals surface area contributed by atoms with Crippen molar-refractivity contribution in [1.82, 2.24) is 0 Å². The van der Waals surface area contributed by atoms with Gasteiger partial charge in [-0.25, -0.2) is 14.5 Å². The summed E-state index contributed by atoms with van der Waals surface area (Å²) in [6.45, 7) is 0. The normalized spacial score (nSPS) is 19.9. The maximum Gasteiger partial charge on any atom is 0.417 e. The molecule has 0 bridgehead atoms. The lowest BCUT2D eigenvalue weighted by molar-refractivity contribution is 0.102. The summed E-state index contributed by atoms with van der Waals surface area (Å²) in [5.74, 6) is 0.135. The van der Waals surface area contributed by atoms with Gasteiger partial charge in [-0.2, -0.15) is 0 Å². The van der Waals surface area contributed by atoms with E-state index < -0.39 is 24.5 Å². The highest BCUT2D eigenvalue weighted by molar-refractivity contribution is 6.07. The number of carbonyl (C=O) groups is 3. The molecule has 5 rings (SSSR count). The van der Waals surface area contributed by atoms with Gasteiger partial charge in [-0.05, 0) is 22.9 Å². The van der Waals surface area contributed by atoms with Gasteiger partial charge >= 0.3 is 12.2 Å². The predicted molar refractivity (Wildman–Crippen MR) is 126 cm³/mol. The number of allylic oxidation sites excluding steroid dienone is 1. The Hall–Kier alpha value is -4.33. The first-order valence-electron chi connectivity index (χ1n) is 10.8. The first-order chi connectivity index (χ1) is 16.5. The van der Waals surface area contributed by atoms with Gasteiger partial charge in [0, 0.05) is 18.1 Å². The van der Waals surface area contributed by atoms with Gasteiger partial charge in [0.2, 0.25) is 6.23 Å². The molecule has 0 spiro atoms. The molecule has 1 fully saturated rings. The average Bonchev–Trinajstić information content (AvgIpc) is 3.28. The summed E-state index contributed by atoms with van der Waals surface area (Å²) in [5.41, 5.74) is 1.46. The third-order valence-electron chi connectivity index (χ3n) is 6.05. The number of hydrogen-bond acceptors (Lipinski definition) is 6. The van der Waals surface area contributed by atoms with Gasteiger partial charge in [0.1, 0.15) is 11.8 Å². The highest BCUT2D eigenvalue weighted by Gasteiger charge is 2.51. The van der Waals surface area contributed by atoms with Crippen molar-refractivity contribution in [3.05, 3.63) is 84.1 Å². The molecular formula is C26H22N2O6. The second kappa shape index (κ2) is 8.55. The Morgan fingerprint density at radius 2 is 1.41 bits per heavy atom. The first kappa shape index (κ1) is 21.5. The molecule has 2 aliphatic rings. The predicted octanol–water partition coefficient (Wildman–Crippen LogP) is 4.88. The van der Waals surface area contributed by atoms with E-state index in [0.717, 1.165) is 10.8 Å². The summed E-state index contributed by atoms with van der Waals surface area (Å²) in [6, 6.07) is 19.5. The number of carbonyl (C=O) groups excluding carboxylic acids is 3. The lowest BCUT2D eigenvalue weighted by Crippen LogP contribution is -2.58. The first-order valence-corrected chi connectivity index (χ1v) is 10.8. The van der Waals surface area contributed by atoms with Crippen LogP contribution in [0.5, 0.6) is 0 Å². The van der Waals surface area contributed by atoms with Gasteiger partial charge < -0.3 is 14.2 Å². The quantitative estimate of drug-likeness (QED) is 0.402. The number of hydrogen-bond donors (Lipinski definition) is 0. The van der Waals surface area contributed by atoms with Crippen LogP contribution in [0.4, 0.5) is 21.0 Å². The minimum atomic E-state index is -0.893. The Balaban J connectivity index is 1.63. The van der Waals surface area contributed by atoms with Gasteiger partial charge in [-0.1, -0.05) is 54.6 Å². The van der Waals surface area contributed by atoms with Crippen LogP contribution in [0.15, 0.2) is 78.6 Å². The average molecular weight is 458 g/mol. The molecule has 8 nitrogen and oxygen atoms in total. The smallest absolute Gasteiger partial charge is 0.417 e. The molecule has 2 amide bonds. The van der Waals surface area contributed by atoms with Crippen LogP contribution < -0.4 is 9.80 Å². The van der Waals surface area contributed by atoms with Crippen LogP contribution in [0, 0.1) is 0 Å². The topological polar surface area (TPSA) is 85.4 Å². The van der Waals surface area contributed by atoms with Crippen molar-refractivity contribution >= 4 is 40.1 Å². The standard InChI is InChI=1S/C26H22N2O6/c1-32-25(30)27-20-12-17-10-6-7-11-18(17)13-21(20)28(26(31)33-2)24-22(27)14-19(34-24)15-23(29)16-8-4-3-5-9-16/h3-13,15,22,24H,14H2,1-2H3/b19-15+/t22-,24+/m0/s1.